The Morgan fingerprint density at radius 3 is 2.72 bits per heavy atom. The molecular weight excluding hydrogens is 318 g/mol. The van der Waals surface area contributed by atoms with E-state index in [0.717, 1.165) is 12.0 Å². The number of aromatic nitrogens is 2. The second-order valence-electron chi connectivity index (χ2n) is 5.89. The number of carbonyl (C=O) groups is 2. The van der Waals surface area contributed by atoms with Crippen LogP contribution in [-0.4, -0.2) is 26.4 Å². The first-order valence-corrected chi connectivity index (χ1v) is 8.12. The number of hydrogen-bond donors (Lipinski definition) is 2. The highest BCUT2D eigenvalue weighted by molar-refractivity contribution is 6.07. The maximum absolute atomic E-state index is 12.9. The maximum atomic E-state index is 12.9. The number of rotatable bonds is 5. The zero-order valence-corrected chi connectivity index (χ0v) is 14.1. The fourth-order valence-electron chi connectivity index (χ4n) is 2.81. The molecule has 0 atom stereocenters. The molecule has 0 saturated carbocycles. The lowest BCUT2D eigenvalue weighted by Crippen LogP contribution is -2.18. The number of anilines is 1. The summed E-state index contributed by atoms with van der Waals surface area (Å²) < 4.78 is 1.75. The van der Waals surface area contributed by atoms with Crippen LogP contribution in [0.1, 0.15) is 45.4 Å². The van der Waals surface area contributed by atoms with Crippen LogP contribution in [0.4, 0.5) is 5.69 Å². The van der Waals surface area contributed by atoms with Crippen LogP contribution >= 0.6 is 0 Å². The van der Waals surface area contributed by atoms with Crippen LogP contribution in [0.3, 0.4) is 0 Å². The number of carboxylic acids is 1. The van der Waals surface area contributed by atoms with Crippen molar-refractivity contribution in [3.8, 4) is 0 Å². The van der Waals surface area contributed by atoms with Crippen molar-refractivity contribution >= 4 is 23.2 Å². The zero-order chi connectivity index (χ0) is 18.0. The summed E-state index contributed by atoms with van der Waals surface area (Å²) in [5, 5.41) is 12.0. The molecule has 1 aromatic carbocycles. The Kier molecular flexibility index (Phi) is 4.52. The van der Waals surface area contributed by atoms with Crippen molar-refractivity contribution in [2.45, 2.75) is 26.7 Å². The van der Waals surface area contributed by atoms with E-state index in [4.69, 9.17) is 0 Å². The fourth-order valence-corrected chi connectivity index (χ4v) is 2.81. The van der Waals surface area contributed by atoms with Gasteiger partial charge in [-0.15, -0.1) is 0 Å². The second-order valence-corrected chi connectivity index (χ2v) is 5.89. The van der Waals surface area contributed by atoms with E-state index in [9.17, 15) is 14.7 Å². The first-order valence-electron chi connectivity index (χ1n) is 8.12. The Balaban J connectivity index is 2.05. The minimum absolute atomic E-state index is 0.0533. The van der Waals surface area contributed by atoms with Crippen LogP contribution < -0.4 is 5.32 Å². The molecule has 6 heteroatoms. The average Bonchev–Trinajstić information content (AvgIpc) is 2.92. The van der Waals surface area contributed by atoms with E-state index in [1.54, 1.807) is 22.6 Å². The third-order valence-electron chi connectivity index (χ3n) is 3.96. The molecule has 0 aliphatic rings. The Bertz CT molecular complexity index is 960. The van der Waals surface area contributed by atoms with E-state index in [0.29, 0.717) is 23.5 Å². The Hall–Kier alpha value is -3.15. The van der Waals surface area contributed by atoms with Crippen molar-refractivity contribution in [2.24, 2.45) is 0 Å². The van der Waals surface area contributed by atoms with Gasteiger partial charge >= 0.3 is 5.97 Å². The summed E-state index contributed by atoms with van der Waals surface area (Å²) in [7, 11) is 0. The summed E-state index contributed by atoms with van der Waals surface area (Å²) in [4.78, 5) is 28.8. The van der Waals surface area contributed by atoms with Crippen LogP contribution in [0, 0.1) is 6.92 Å². The van der Waals surface area contributed by atoms with E-state index in [1.165, 1.54) is 6.07 Å². The van der Waals surface area contributed by atoms with Crippen molar-refractivity contribution in [1.82, 2.24) is 9.38 Å². The minimum Gasteiger partial charge on any atom is -0.478 e. The van der Waals surface area contributed by atoms with Gasteiger partial charge in [0, 0.05) is 6.20 Å². The molecule has 1 amide bonds. The lowest BCUT2D eigenvalue weighted by Gasteiger charge is -2.09. The number of aryl methyl sites for hydroxylation is 2. The number of imidazole rings is 1. The number of aromatic carboxylic acids is 1. The summed E-state index contributed by atoms with van der Waals surface area (Å²) in [6, 6.07) is 10.2. The molecule has 0 spiro atoms. The Morgan fingerprint density at radius 2 is 2.00 bits per heavy atom. The van der Waals surface area contributed by atoms with E-state index in [1.807, 2.05) is 32.2 Å². The molecule has 2 N–H and O–H groups in total. The molecule has 0 unspecified atom stereocenters. The summed E-state index contributed by atoms with van der Waals surface area (Å²) >= 11 is 0. The predicted octanol–water partition coefficient (Wildman–Crippen LogP) is 3.55. The molecule has 3 aromatic rings. The molecule has 2 heterocycles. The molecule has 0 radical (unpaired) electrons. The third kappa shape index (κ3) is 3.24. The standard InChI is InChI=1S/C19H19N3O3/c1-3-6-15-17(22-10-9-12(2)11-16(22)20-15)18(23)21-14-8-5-4-7-13(14)19(24)25/h4-5,7-11H,3,6H2,1-2H3,(H,21,23)(H,24,25). The Labute approximate surface area is 145 Å². The number of hydrogen-bond acceptors (Lipinski definition) is 3. The highest BCUT2D eigenvalue weighted by Gasteiger charge is 2.20. The highest BCUT2D eigenvalue weighted by atomic mass is 16.4. The van der Waals surface area contributed by atoms with Crippen LogP contribution in [-0.2, 0) is 6.42 Å². The van der Waals surface area contributed by atoms with Gasteiger partial charge in [0.05, 0.1) is 16.9 Å². The fraction of sp³-hybridized carbons (Fsp3) is 0.211. The van der Waals surface area contributed by atoms with Crippen LogP contribution in [0.5, 0.6) is 0 Å². The molecule has 0 aliphatic carbocycles. The third-order valence-corrected chi connectivity index (χ3v) is 3.96. The van der Waals surface area contributed by atoms with E-state index >= 15 is 0 Å². The molecule has 128 valence electrons. The van der Waals surface area contributed by atoms with E-state index in [2.05, 4.69) is 10.3 Å². The first kappa shape index (κ1) is 16.7. The smallest absolute Gasteiger partial charge is 0.337 e. The van der Waals surface area contributed by atoms with Gasteiger partial charge < -0.3 is 10.4 Å². The van der Waals surface area contributed by atoms with Crippen molar-refractivity contribution < 1.29 is 14.7 Å². The topological polar surface area (TPSA) is 83.7 Å². The number of benzene rings is 1. The van der Waals surface area contributed by atoms with Gasteiger partial charge in [-0.05, 0) is 43.2 Å². The lowest BCUT2D eigenvalue weighted by molar-refractivity contribution is 0.0698. The average molecular weight is 337 g/mol. The van der Waals surface area contributed by atoms with Crippen molar-refractivity contribution in [2.75, 3.05) is 5.32 Å². The van der Waals surface area contributed by atoms with Gasteiger partial charge in [0.1, 0.15) is 11.3 Å². The number of nitrogens with zero attached hydrogens (tertiary/aromatic N) is 2. The first-order chi connectivity index (χ1) is 12.0. The number of carboxylic acid groups (broad SMARTS) is 1. The van der Waals surface area contributed by atoms with Gasteiger partial charge in [0.15, 0.2) is 0 Å². The summed E-state index contributed by atoms with van der Waals surface area (Å²) in [6.45, 7) is 3.99. The second kappa shape index (κ2) is 6.76. The number of pyridine rings is 1. The number of nitrogens with one attached hydrogen (secondary N) is 1. The van der Waals surface area contributed by atoms with Gasteiger partial charge in [0.2, 0.25) is 0 Å². The van der Waals surface area contributed by atoms with Crippen LogP contribution in [0.15, 0.2) is 42.6 Å². The molecule has 0 fully saturated rings. The monoisotopic (exact) mass is 337 g/mol. The molecule has 6 nitrogen and oxygen atoms in total. The molecule has 2 aromatic heterocycles. The summed E-state index contributed by atoms with van der Waals surface area (Å²) in [5.74, 6) is -1.45. The number of para-hydroxylation sites is 1. The van der Waals surface area contributed by atoms with Gasteiger partial charge in [-0.2, -0.15) is 0 Å². The quantitative estimate of drug-likeness (QED) is 0.746. The van der Waals surface area contributed by atoms with Gasteiger partial charge in [-0.25, -0.2) is 9.78 Å². The molecule has 0 saturated heterocycles. The molecule has 3 rings (SSSR count). The Morgan fingerprint density at radius 1 is 1.24 bits per heavy atom. The van der Waals surface area contributed by atoms with Gasteiger partial charge in [-0.3, -0.25) is 9.20 Å². The minimum atomic E-state index is -1.08. The maximum Gasteiger partial charge on any atom is 0.337 e. The van der Waals surface area contributed by atoms with Gasteiger partial charge in [-0.1, -0.05) is 25.5 Å². The van der Waals surface area contributed by atoms with Gasteiger partial charge in [0.25, 0.3) is 5.91 Å². The van der Waals surface area contributed by atoms with Crippen LogP contribution in [0.25, 0.3) is 5.65 Å². The largest absolute Gasteiger partial charge is 0.478 e. The number of fused-ring (bicyclic) bond motifs is 1. The number of amides is 1. The zero-order valence-electron chi connectivity index (χ0n) is 14.1. The lowest BCUT2D eigenvalue weighted by atomic mass is 10.1. The predicted molar refractivity (Wildman–Crippen MR) is 95.3 cm³/mol. The summed E-state index contributed by atoms with van der Waals surface area (Å²) in [5.41, 5.74) is 3.24. The van der Waals surface area contributed by atoms with E-state index < -0.39 is 5.97 Å². The highest BCUT2D eigenvalue weighted by Crippen LogP contribution is 2.20. The summed E-state index contributed by atoms with van der Waals surface area (Å²) in [6.07, 6.45) is 3.34. The van der Waals surface area contributed by atoms with E-state index in [-0.39, 0.29) is 17.2 Å². The molecule has 0 bridgehead atoms. The normalized spacial score (nSPS) is 10.8. The molecule has 0 aliphatic heterocycles. The molecule has 25 heavy (non-hydrogen) atoms. The van der Waals surface area contributed by atoms with Crippen molar-refractivity contribution in [3.63, 3.8) is 0 Å². The SMILES string of the molecule is CCCc1nc2cc(C)ccn2c1C(=O)Nc1ccccc1C(=O)O. The van der Waals surface area contributed by atoms with Crippen molar-refractivity contribution in [1.29, 1.82) is 0 Å². The van der Waals surface area contributed by atoms with Crippen LogP contribution in [0.2, 0.25) is 0 Å². The van der Waals surface area contributed by atoms with Crippen molar-refractivity contribution in [3.05, 3.63) is 65.1 Å². The molecular formula is C19H19N3O3. The number of carbonyl (C=O) groups excluding carboxylic acids is 1.